The topological polar surface area (TPSA) is 0 Å². The zero-order chi connectivity index (χ0) is 6.62. The van der Waals surface area contributed by atoms with Crippen LogP contribution in [0.5, 0.6) is 0 Å². The van der Waals surface area contributed by atoms with Gasteiger partial charge in [-0.2, -0.15) is 13.2 Å². The summed E-state index contributed by atoms with van der Waals surface area (Å²) in [5.74, 6) is 0. The average Bonchev–Trinajstić information content (AvgIpc) is 1.59. The lowest BCUT2D eigenvalue weighted by molar-refractivity contribution is -0.125. The molecule has 0 heterocycles. The van der Waals surface area contributed by atoms with Gasteiger partial charge in [0, 0.05) is 0 Å². The Hall–Kier alpha value is -0.470. The molecule has 0 fully saturated rings. The Balaban J connectivity index is 3.39. The number of halogens is 3. The van der Waals surface area contributed by atoms with Crippen molar-refractivity contribution >= 4 is 0 Å². The fourth-order valence-corrected chi connectivity index (χ4v) is 0.251. The van der Waals surface area contributed by atoms with Crippen LogP contribution in [0, 0.1) is 0 Å². The molecule has 0 aliphatic carbocycles. The van der Waals surface area contributed by atoms with Crippen LogP contribution in [0.25, 0.3) is 0 Å². The zero-order valence-corrected chi connectivity index (χ0v) is 4.50. The molecule has 0 unspecified atom stereocenters. The predicted molar refractivity (Wildman–Crippen MR) is 25.5 cm³/mol. The number of rotatable bonds is 1. The third-order valence-electron chi connectivity index (χ3n) is 0.585. The Bertz CT molecular complexity index is 80.2. The first-order valence-corrected chi connectivity index (χ1v) is 2.24. The van der Waals surface area contributed by atoms with Gasteiger partial charge in [0.25, 0.3) is 0 Å². The summed E-state index contributed by atoms with van der Waals surface area (Å²) >= 11 is 0. The van der Waals surface area contributed by atoms with Crippen molar-refractivity contribution in [3.05, 3.63) is 12.2 Å². The lowest BCUT2D eigenvalue weighted by Crippen LogP contribution is -2.03. The molecule has 0 aromatic rings. The quantitative estimate of drug-likeness (QED) is 0.471. The second-order valence-electron chi connectivity index (χ2n) is 1.39. The van der Waals surface area contributed by atoms with E-state index in [1.807, 2.05) is 0 Å². The number of alkyl halides is 3. The van der Waals surface area contributed by atoms with Gasteiger partial charge in [0.2, 0.25) is 0 Å². The van der Waals surface area contributed by atoms with Gasteiger partial charge in [-0.05, 0) is 6.92 Å². The Kier molecular flexibility index (Phi) is 2.58. The van der Waals surface area contributed by atoms with E-state index < -0.39 is 12.6 Å². The molecule has 0 N–H and O–H groups in total. The number of hydrogen-bond acceptors (Lipinski definition) is 0. The molecule has 0 nitrogen and oxygen atoms in total. The Labute approximate surface area is 46.0 Å². The van der Waals surface area contributed by atoms with E-state index in [0.717, 1.165) is 6.08 Å². The Morgan fingerprint density at radius 1 is 1.38 bits per heavy atom. The van der Waals surface area contributed by atoms with Gasteiger partial charge in [-0.3, -0.25) is 0 Å². The van der Waals surface area contributed by atoms with Crippen molar-refractivity contribution in [3.63, 3.8) is 0 Å². The van der Waals surface area contributed by atoms with Crippen LogP contribution < -0.4 is 0 Å². The maximum atomic E-state index is 11.2. The first kappa shape index (κ1) is 7.53. The fourth-order valence-electron chi connectivity index (χ4n) is 0.251. The molecule has 0 rings (SSSR count). The van der Waals surface area contributed by atoms with Gasteiger partial charge in [0.1, 0.15) is 0 Å². The first-order chi connectivity index (χ1) is 3.56. The molecule has 0 aliphatic heterocycles. The lowest BCUT2D eigenvalue weighted by Gasteiger charge is -1.98. The van der Waals surface area contributed by atoms with E-state index in [1.165, 1.54) is 6.08 Å². The second-order valence-corrected chi connectivity index (χ2v) is 1.39. The summed E-state index contributed by atoms with van der Waals surface area (Å²) in [7, 11) is 0. The van der Waals surface area contributed by atoms with Crippen molar-refractivity contribution in [1.29, 1.82) is 0 Å². The molecule has 0 spiro atoms. The molecule has 0 atom stereocenters. The summed E-state index contributed by atoms with van der Waals surface area (Å²) < 4.78 is 33.6. The minimum absolute atomic E-state index is 0.816. The number of hydrogen-bond donors (Lipinski definition) is 0. The van der Waals surface area contributed by atoms with E-state index in [-0.39, 0.29) is 0 Å². The highest BCUT2D eigenvalue weighted by Gasteiger charge is 2.24. The van der Waals surface area contributed by atoms with Crippen molar-refractivity contribution in [1.82, 2.24) is 0 Å². The maximum Gasteiger partial charge on any atom is 0.392 e. The van der Waals surface area contributed by atoms with Gasteiger partial charge < -0.3 is 0 Å². The van der Waals surface area contributed by atoms with E-state index in [1.54, 1.807) is 6.92 Å². The SMILES string of the molecule is CC=CCC(F)(F)F. The summed E-state index contributed by atoms with van der Waals surface area (Å²) in [5.41, 5.74) is 0. The van der Waals surface area contributed by atoms with Crippen LogP contribution in [0.15, 0.2) is 12.2 Å². The standard InChI is InChI=1S/C5H7F3/c1-2-3-4-5(6,7)8/h2-3H,4H2,1H3. The third kappa shape index (κ3) is 5.53. The van der Waals surface area contributed by atoms with Crippen molar-refractivity contribution in [3.8, 4) is 0 Å². The van der Waals surface area contributed by atoms with Gasteiger partial charge in [-0.15, -0.1) is 0 Å². The summed E-state index contributed by atoms with van der Waals surface area (Å²) in [6, 6.07) is 0. The largest absolute Gasteiger partial charge is 0.392 e. The molecule has 0 saturated carbocycles. The predicted octanol–water partition coefficient (Wildman–Crippen LogP) is 2.51. The van der Waals surface area contributed by atoms with Gasteiger partial charge in [-0.25, -0.2) is 0 Å². The van der Waals surface area contributed by atoms with Crippen LogP contribution in [-0.2, 0) is 0 Å². The molecule has 8 heavy (non-hydrogen) atoms. The molecule has 0 radical (unpaired) electrons. The van der Waals surface area contributed by atoms with Gasteiger partial charge in [-0.1, -0.05) is 12.2 Å². The van der Waals surface area contributed by atoms with Crippen molar-refractivity contribution < 1.29 is 13.2 Å². The van der Waals surface area contributed by atoms with E-state index in [9.17, 15) is 13.2 Å². The van der Waals surface area contributed by atoms with Crippen LogP contribution in [0.4, 0.5) is 13.2 Å². The minimum Gasteiger partial charge on any atom is -0.171 e. The van der Waals surface area contributed by atoms with E-state index in [0.29, 0.717) is 0 Å². The molecule has 48 valence electrons. The van der Waals surface area contributed by atoms with Crippen molar-refractivity contribution in [2.75, 3.05) is 0 Å². The highest BCUT2D eigenvalue weighted by Crippen LogP contribution is 2.19. The van der Waals surface area contributed by atoms with Crippen LogP contribution in [-0.4, -0.2) is 6.18 Å². The highest BCUT2D eigenvalue weighted by molar-refractivity contribution is 4.79. The fraction of sp³-hybridized carbons (Fsp3) is 0.600. The highest BCUT2D eigenvalue weighted by atomic mass is 19.4. The normalized spacial score (nSPS) is 13.0. The number of allylic oxidation sites excluding steroid dienone is 2. The van der Waals surface area contributed by atoms with Crippen molar-refractivity contribution in [2.24, 2.45) is 0 Å². The summed E-state index contributed by atoms with van der Waals surface area (Å²) in [4.78, 5) is 0. The minimum atomic E-state index is -4.04. The van der Waals surface area contributed by atoms with E-state index >= 15 is 0 Å². The zero-order valence-electron chi connectivity index (χ0n) is 4.50. The summed E-state index contributed by atoms with van der Waals surface area (Å²) in [6.45, 7) is 1.56. The van der Waals surface area contributed by atoms with Crippen LogP contribution in [0.2, 0.25) is 0 Å². The molecule has 0 saturated heterocycles. The molecule has 0 amide bonds. The molecule has 3 heteroatoms. The van der Waals surface area contributed by atoms with Gasteiger partial charge in [0.05, 0.1) is 6.42 Å². The van der Waals surface area contributed by atoms with Crippen LogP contribution >= 0.6 is 0 Å². The van der Waals surface area contributed by atoms with Crippen LogP contribution in [0.3, 0.4) is 0 Å². The first-order valence-electron chi connectivity index (χ1n) is 2.24. The van der Waals surface area contributed by atoms with E-state index in [4.69, 9.17) is 0 Å². The monoisotopic (exact) mass is 124 g/mol. The molecular formula is C5H7F3. The van der Waals surface area contributed by atoms with Crippen LogP contribution in [0.1, 0.15) is 13.3 Å². The maximum absolute atomic E-state index is 11.2. The summed E-state index contributed by atoms with van der Waals surface area (Å²) in [6.07, 6.45) is -2.39. The Morgan fingerprint density at radius 3 is 2.00 bits per heavy atom. The second kappa shape index (κ2) is 2.74. The lowest BCUT2D eigenvalue weighted by atomic mass is 10.4. The van der Waals surface area contributed by atoms with Gasteiger partial charge >= 0.3 is 6.18 Å². The third-order valence-corrected chi connectivity index (χ3v) is 0.585. The summed E-state index contributed by atoms with van der Waals surface area (Å²) in [5, 5.41) is 0. The molecule has 0 aliphatic rings. The Morgan fingerprint density at radius 2 is 1.88 bits per heavy atom. The molecule has 0 aromatic heterocycles. The average molecular weight is 124 g/mol. The molecule has 0 bridgehead atoms. The van der Waals surface area contributed by atoms with Crippen molar-refractivity contribution in [2.45, 2.75) is 19.5 Å². The molecule has 0 aromatic carbocycles. The van der Waals surface area contributed by atoms with E-state index in [2.05, 4.69) is 0 Å². The smallest absolute Gasteiger partial charge is 0.171 e. The van der Waals surface area contributed by atoms with Gasteiger partial charge in [0.15, 0.2) is 0 Å². The molecular weight excluding hydrogens is 117 g/mol.